The molecular weight excluding hydrogens is 617 g/mol. The molecular formula is C31H34Cl3N3O4S. The summed E-state index contributed by atoms with van der Waals surface area (Å²) in [6.07, 6.45) is 5.34. The number of nitrogens with one attached hydrogen (secondary N) is 1. The van der Waals surface area contributed by atoms with Crippen LogP contribution in [-0.4, -0.2) is 43.8 Å². The molecule has 3 aromatic carbocycles. The van der Waals surface area contributed by atoms with Gasteiger partial charge in [0.25, 0.3) is 10.0 Å². The fourth-order valence-corrected chi connectivity index (χ4v) is 7.08. The van der Waals surface area contributed by atoms with Gasteiger partial charge in [0.1, 0.15) is 12.6 Å². The lowest BCUT2D eigenvalue weighted by atomic mass is 9.95. The fourth-order valence-electron chi connectivity index (χ4n) is 5.17. The van der Waals surface area contributed by atoms with E-state index in [2.05, 4.69) is 5.32 Å². The Bertz CT molecular complexity index is 1500. The number of rotatable bonds is 11. The second-order valence-electron chi connectivity index (χ2n) is 10.3. The van der Waals surface area contributed by atoms with Crippen molar-refractivity contribution in [2.75, 3.05) is 10.8 Å². The van der Waals surface area contributed by atoms with Crippen molar-refractivity contribution in [1.29, 1.82) is 0 Å². The summed E-state index contributed by atoms with van der Waals surface area (Å²) in [7, 11) is -4.23. The Balaban J connectivity index is 1.71. The summed E-state index contributed by atoms with van der Waals surface area (Å²) in [5.41, 5.74) is 0.856. The first-order valence-corrected chi connectivity index (χ1v) is 16.5. The van der Waals surface area contributed by atoms with Gasteiger partial charge < -0.3 is 10.2 Å². The molecule has 0 unspecified atom stereocenters. The van der Waals surface area contributed by atoms with Gasteiger partial charge in [0, 0.05) is 27.7 Å². The molecule has 1 atom stereocenters. The average molecular weight is 651 g/mol. The molecule has 224 valence electrons. The van der Waals surface area contributed by atoms with Crippen molar-refractivity contribution in [3.8, 4) is 0 Å². The molecule has 0 bridgehead atoms. The van der Waals surface area contributed by atoms with Gasteiger partial charge in [-0.05, 0) is 73.4 Å². The second kappa shape index (κ2) is 14.6. The summed E-state index contributed by atoms with van der Waals surface area (Å²) in [5.74, 6) is -0.822. The molecule has 1 saturated carbocycles. The third-order valence-corrected chi connectivity index (χ3v) is 10.1. The van der Waals surface area contributed by atoms with E-state index < -0.39 is 28.5 Å². The number of carbonyl (C=O) groups is 2. The Morgan fingerprint density at radius 2 is 1.60 bits per heavy atom. The van der Waals surface area contributed by atoms with Crippen LogP contribution in [0, 0.1) is 0 Å². The van der Waals surface area contributed by atoms with E-state index in [4.69, 9.17) is 34.8 Å². The molecule has 0 spiro atoms. The molecule has 1 fully saturated rings. The van der Waals surface area contributed by atoms with E-state index in [0.717, 1.165) is 36.4 Å². The lowest BCUT2D eigenvalue weighted by Crippen LogP contribution is -2.54. The Morgan fingerprint density at radius 3 is 2.24 bits per heavy atom. The zero-order chi connectivity index (χ0) is 30.3. The molecule has 0 aromatic heterocycles. The smallest absolute Gasteiger partial charge is 0.264 e. The van der Waals surface area contributed by atoms with Gasteiger partial charge in [-0.25, -0.2) is 8.42 Å². The molecule has 0 saturated heterocycles. The van der Waals surface area contributed by atoms with Crippen molar-refractivity contribution in [2.45, 2.75) is 69.0 Å². The quantitative estimate of drug-likeness (QED) is 0.240. The Kier molecular flexibility index (Phi) is 11.2. The van der Waals surface area contributed by atoms with Crippen LogP contribution >= 0.6 is 34.8 Å². The average Bonchev–Trinajstić information content (AvgIpc) is 2.97. The van der Waals surface area contributed by atoms with Crippen LogP contribution < -0.4 is 9.62 Å². The van der Waals surface area contributed by atoms with Crippen LogP contribution in [-0.2, 0) is 26.2 Å². The van der Waals surface area contributed by atoms with Crippen LogP contribution in [0.5, 0.6) is 0 Å². The van der Waals surface area contributed by atoms with Crippen LogP contribution in [0.4, 0.5) is 5.69 Å². The van der Waals surface area contributed by atoms with Crippen LogP contribution in [0.25, 0.3) is 0 Å². The fraction of sp³-hybridized carbons (Fsp3) is 0.355. The van der Waals surface area contributed by atoms with E-state index in [0.29, 0.717) is 27.1 Å². The molecule has 1 aliphatic rings. The van der Waals surface area contributed by atoms with E-state index >= 15 is 0 Å². The third kappa shape index (κ3) is 7.98. The lowest BCUT2D eigenvalue weighted by Gasteiger charge is -2.34. The van der Waals surface area contributed by atoms with E-state index in [-0.39, 0.29) is 29.1 Å². The summed E-state index contributed by atoms with van der Waals surface area (Å²) >= 11 is 18.7. The molecule has 7 nitrogen and oxygen atoms in total. The Hall–Kier alpha value is -2.78. The van der Waals surface area contributed by atoms with Crippen LogP contribution in [0.1, 0.15) is 51.0 Å². The maximum absolute atomic E-state index is 14.2. The van der Waals surface area contributed by atoms with Crippen molar-refractivity contribution in [3.63, 3.8) is 0 Å². The highest BCUT2D eigenvalue weighted by Crippen LogP contribution is 2.28. The van der Waals surface area contributed by atoms with Gasteiger partial charge in [0.2, 0.25) is 11.8 Å². The maximum Gasteiger partial charge on any atom is 0.264 e. The highest BCUT2D eigenvalue weighted by atomic mass is 35.5. The standard InChI is InChI=1S/C31H34Cl3N3O4S/c1-2-29(31(39)35-25-11-4-3-5-12-25)36(20-22-9-6-7-14-28(22)34)30(38)21-37(26-13-8-10-24(33)19-26)42(40,41)27-17-15-23(32)16-18-27/h6-10,13-19,25,29H,2-5,11-12,20-21H2,1H3,(H,35,39)/t29-/m0/s1. The van der Waals surface area contributed by atoms with E-state index in [9.17, 15) is 18.0 Å². The monoisotopic (exact) mass is 649 g/mol. The van der Waals surface area contributed by atoms with Crippen LogP contribution in [0.15, 0.2) is 77.7 Å². The first-order valence-electron chi connectivity index (χ1n) is 14.0. The largest absolute Gasteiger partial charge is 0.352 e. The second-order valence-corrected chi connectivity index (χ2v) is 13.5. The SMILES string of the molecule is CC[C@@H](C(=O)NC1CCCCC1)N(Cc1ccccc1Cl)C(=O)CN(c1cccc(Cl)c1)S(=O)(=O)c1ccc(Cl)cc1. The predicted molar refractivity (Wildman–Crippen MR) is 169 cm³/mol. The highest BCUT2D eigenvalue weighted by molar-refractivity contribution is 7.92. The number of hydrogen-bond acceptors (Lipinski definition) is 4. The van der Waals surface area contributed by atoms with Gasteiger partial charge >= 0.3 is 0 Å². The normalized spacial score (nSPS) is 14.7. The number of benzene rings is 3. The number of sulfonamides is 1. The lowest BCUT2D eigenvalue weighted by molar-refractivity contribution is -0.140. The number of hydrogen-bond donors (Lipinski definition) is 1. The van der Waals surface area contributed by atoms with Crippen molar-refractivity contribution < 1.29 is 18.0 Å². The first-order chi connectivity index (χ1) is 20.1. The highest BCUT2D eigenvalue weighted by Gasteiger charge is 2.34. The summed E-state index contributed by atoms with van der Waals surface area (Å²) < 4.78 is 28.9. The number of carbonyl (C=O) groups excluding carboxylic acids is 2. The minimum Gasteiger partial charge on any atom is -0.352 e. The summed E-state index contributed by atoms with van der Waals surface area (Å²) in [4.78, 5) is 29.2. The number of anilines is 1. The van der Waals surface area contributed by atoms with Crippen LogP contribution in [0.2, 0.25) is 15.1 Å². The molecule has 11 heteroatoms. The van der Waals surface area contributed by atoms with Gasteiger partial charge in [-0.3, -0.25) is 13.9 Å². The summed E-state index contributed by atoms with van der Waals surface area (Å²) in [6.45, 7) is 1.29. The molecule has 2 amide bonds. The first kappa shape index (κ1) is 32.1. The van der Waals surface area contributed by atoms with Gasteiger partial charge in [-0.1, -0.05) is 85.3 Å². The van der Waals surface area contributed by atoms with E-state index in [1.165, 1.54) is 35.2 Å². The molecule has 0 radical (unpaired) electrons. The van der Waals surface area contributed by atoms with Crippen LogP contribution in [0.3, 0.4) is 0 Å². The molecule has 1 N–H and O–H groups in total. The van der Waals surface area contributed by atoms with Crippen molar-refractivity contribution in [3.05, 3.63) is 93.4 Å². The van der Waals surface area contributed by atoms with Gasteiger partial charge in [0.15, 0.2) is 0 Å². The van der Waals surface area contributed by atoms with Gasteiger partial charge in [0.05, 0.1) is 10.6 Å². The molecule has 0 aliphatic heterocycles. The van der Waals surface area contributed by atoms with Crippen molar-refractivity contribution in [2.24, 2.45) is 0 Å². The van der Waals surface area contributed by atoms with E-state index in [1.54, 1.807) is 42.5 Å². The van der Waals surface area contributed by atoms with Gasteiger partial charge in [-0.2, -0.15) is 0 Å². The summed E-state index contributed by atoms with van der Waals surface area (Å²) in [5, 5.41) is 4.26. The van der Waals surface area contributed by atoms with Crippen molar-refractivity contribution in [1.82, 2.24) is 10.2 Å². The molecule has 1 aliphatic carbocycles. The summed E-state index contributed by atoms with van der Waals surface area (Å²) in [6, 6.07) is 18.3. The third-order valence-electron chi connectivity index (χ3n) is 7.41. The molecule has 3 aromatic rings. The van der Waals surface area contributed by atoms with E-state index in [1.807, 2.05) is 6.92 Å². The Labute approximate surface area is 262 Å². The maximum atomic E-state index is 14.2. The minimum absolute atomic E-state index is 0.0273. The minimum atomic E-state index is -4.23. The molecule has 4 rings (SSSR count). The number of nitrogens with zero attached hydrogens (tertiary/aromatic N) is 2. The molecule has 0 heterocycles. The number of halogens is 3. The molecule has 42 heavy (non-hydrogen) atoms. The predicted octanol–water partition coefficient (Wildman–Crippen LogP) is 7.10. The zero-order valence-electron chi connectivity index (χ0n) is 23.3. The van der Waals surface area contributed by atoms with Gasteiger partial charge in [-0.15, -0.1) is 0 Å². The van der Waals surface area contributed by atoms with Crippen molar-refractivity contribution >= 4 is 62.3 Å². The Morgan fingerprint density at radius 1 is 0.905 bits per heavy atom. The number of amides is 2. The topological polar surface area (TPSA) is 86.8 Å². The zero-order valence-corrected chi connectivity index (χ0v) is 26.4.